The second kappa shape index (κ2) is 6.74. The molecule has 0 fully saturated rings. The number of nitrogens with one attached hydrogen (secondary N) is 1. The topological polar surface area (TPSA) is 41.5 Å². The van der Waals surface area contributed by atoms with E-state index < -0.39 is 6.10 Å². The van der Waals surface area contributed by atoms with Crippen LogP contribution < -0.4 is 10.1 Å². The Morgan fingerprint density at radius 3 is 2.86 bits per heavy atom. The number of benzene rings is 2. The fraction of sp³-hybridized carbons (Fsp3) is 0.333. The third-order valence-corrected chi connectivity index (χ3v) is 3.87. The van der Waals surface area contributed by atoms with E-state index >= 15 is 0 Å². The van der Waals surface area contributed by atoms with Crippen LogP contribution in [0, 0.1) is 0 Å². The van der Waals surface area contributed by atoms with Gasteiger partial charge in [-0.3, -0.25) is 0 Å². The van der Waals surface area contributed by atoms with Crippen LogP contribution in [0.25, 0.3) is 0 Å². The summed E-state index contributed by atoms with van der Waals surface area (Å²) in [4.78, 5) is 0. The molecule has 2 aromatic carbocycles. The maximum Gasteiger partial charge on any atom is 0.122 e. The number of fused-ring (bicyclic) bond motifs is 1. The molecular weight excluding hydrogens is 262 g/mol. The Kier molecular flexibility index (Phi) is 4.53. The zero-order valence-corrected chi connectivity index (χ0v) is 12.1. The van der Waals surface area contributed by atoms with Gasteiger partial charge in [-0.25, -0.2) is 0 Å². The molecule has 2 N–H and O–H groups in total. The molecule has 0 saturated carbocycles. The molecule has 21 heavy (non-hydrogen) atoms. The molecule has 0 radical (unpaired) electrons. The van der Waals surface area contributed by atoms with Crippen molar-refractivity contribution in [2.45, 2.75) is 18.9 Å². The monoisotopic (exact) mass is 283 g/mol. The zero-order valence-electron chi connectivity index (χ0n) is 12.1. The first kappa shape index (κ1) is 14.1. The van der Waals surface area contributed by atoms with Crippen LogP contribution in [0.15, 0.2) is 48.5 Å². The predicted molar refractivity (Wildman–Crippen MR) is 83.6 cm³/mol. The van der Waals surface area contributed by atoms with E-state index in [9.17, 15) is 5.11 Å². The molecule has 3 nitrogen and oxygen atoms in total. The van der Waals surface area contributed by atoms with Crippen LogP contribution in [0.2, 0.25) is 0 Å². The first-order chi connectivity index (χ1) is 10.3. The lowest BCUT2D eigenvalue weighted by molar-refractivity contribution is 0.175. The molecule has 0 saturated heterocycles. The van der Waals surface area contributed by atoms with Crippen molar-refractivity contribution in [2.75, 3.05) is 19.7 Å². The van der Waals surface area contributed by atoms with Crippen LogP contribution in [-0.2, 0) is 12.8 Å². The van der Waals surface area contributed by atoms with Gasteiger partial charge in [-0.1, -0.05) is 42.5 Å². The summed E-state index contributed by atoms with van der Waals surface area (Å²) in [5.74, 6) is 1.03. The van der Waals surface area contributed by atoms with E-state index in [1.807, 2.05) is 30.3 Å². The Morgan fingerprint density at radius 1 is 1.14 bits per heavy atom. The standard InChI is InChI=1S/C18H21NO2/c20-17(15-4-2-1-3-5-15)13-19-10-8-14-6-7-18-16(12-14)9-11-21-18/h1-7,12,17,19-20H,8-11,13H2. The Bertz CT molecular complexity index is 583. The van der Waals surface area contributed by atoms with Crippen molar-refractivity contribution in [3.05, 3.63) is 65.2 Å². The molecule has 1 aliphatic heterocycles. The number of ether oxygens (including phenoxy) is 1. The van der Waals surface area contributed by atoms with Gasteiger partial charge in [-0.15, -0.1) is 0 Å². The van der Waals surface area contributed by atoms with Gasteiger partial charge in [0.1, 0.15) is 5.75 Å². The lowest BCUT2D eigenvalue weighted by Gasteiger charge is -2.12. The molecule has 0 aliphatic carbocycles. The third-order valence-electron chi connectivity index (χ3n) is 3.87. The maximum atomic E-state index is 10.1. The summed E-state index contributed by atoms with van der Waals surface area (Å²) in [6, 6.07) is 16.2. The highest BCUT2D eigenvalue weighted by atomic mass is 16.5. The minimum Gasteiger partial charge on any atom is -0.493 e. The van der Waals surface area contributed by atoms with Crippen LogP contribution in [-0.4, -0.2) is 24.8 Å². The average molecular weight is 283 g/mol. The highest BCUT2D eigenvalue weighted by molar-refractivity contribution is 5.39. The first-order valence-electron chi connectivity index (χ1n) is 7.51. The molecular formula is C18H21NO2. The van der Waals surface area contributed by atoms with E-state index in [1.54, 1.807) is 0 Å². The molecule has 3 heteroatoms. The minimum atomic E-state index is -0.445. The lowest BCUT2D eigenvalue weighted by Crippen LogP contribution is -2.23. The van der Waals surface area contributed by atoms with Crippen molar-refractivity contribution in [3.63, 3.8) is 0 Å². The zero-order chi connectivity index (χ0) is 14.5. The Morgan fingerprint density at radius 2 is 2.00 bits per heavy atom. The van der Waals surface area contributed by atoms with Gasteiger partial charge in [0.2, 0.25) is 0 Å². The summed E-state index contributed by atoms with van der Waals surface area (Å²) in [5, 5.41) is 13.4. The highest BCUT2D eigenvalue weighted by Crippen LogP contribution is 2.25. The van der Waals surface area contributed by atoms with Crippen LogP contribution in [0.3, 0.4) is 0 Å². The molecule has 1 heterocycles. The van der Waals surface area contributed by atoms with Crippen LogP contribution in [0.5, 0.6) is 5.75 Å². The SMILES string of the molecule is OC(CNCCc1ccc2c(c1)CCO2)c1ccccc1. The molecule has 0 amide bonds. The van der Waals surface area contributed by atoms with E-state index in [0.717, 1.165) is 37.3 Å². The van der Waals surface area contributed by atoms with E-state index in [1.165, 1.54) is 11.1 Å². The Labute approximate surface area is 125 Å². The number of aliphatic hydroxyl groups excluding tert-OH is 1. The summed E-state index contributed by atoms with van der Waals surface area (Å²) >= 11 is 0. The van der Waals surface area contributed by atoms with Gasteiger partial charge in [0.05, 0.1) is 12.7 Å². The molecule has 2 aromatic rings. The Hall–Kier alpha value is -1.84. The molecule has 110 valence electrons. The summed E-state index contributed by atoms with van der Waals surface area (Å²) < 4.78 is 5.51. The maximum absolute atomic E-state index is 10.1. The molecule has 1 unspecified atom stereocenters. The predicted octanol–water partition coefficient (Wildman–Crippen LogP) is 2.49. The van der Waals surface area contributed by atoms with Gasteiger partial charge in [-0.05, 0) is 35.7 Å². The second-order valence-electron chi connectivity index (χ2n) is 5.42. The van der Waals surface area contributed by atoms with Crippen molar-refractivity contribution in [2.24, 2.45) is 0 Å². The summed E-state index contributed by atoms with van der Waals surface area (Å²) in [6.07, 6.45) is 1.54. The van der Waals surface area contributed by atoms with Crippen molar-refractivity contribution < 1.29 is 9.84 Å². The molecule has 0 bridgehead atoms. The number of hydrogen-bond donors (Lipinski definition) is 2. The van der Waals surface area contributed by atoms with Gasteiger partial charge >= 0.3 is 0 Å². The third kappa shape index (κ3) is 3.63. The number of hydrogen-bond acceptors (Lipinski definition) is 3. The van der Waals surface area contributed by atoms with Crippen LogP contribution in [0.4, 0.5) is 0 Å². The number of rotatable bonds is 6. The fourth-order valence-electron chi connectivity index (χ4n) is 2.66. The van der Waals surface area contributed by atoms with Crippen LogP contribution >= 0.6 is 0 Å². The first-order valence-corrected chi connectivity index (χ1v) is 7.51. The van der Waals surface area contributed by atoms with Crippen LogP contribution in [0.1, 0.15) is 22.8 Å². The molecule has 1 atom stereocenters. The fourth-order valence-corrected chi connectivity index (χ4v) is 2.66. The molecule has 1 aliphatic rings. The van der Waals surface area contributed by atoms with Gasteiger partial charge in [-0.2, -0.15) is 0 Å². The molecule has 0 aromatic heterocycles. The summed E-state index contributed by atoms with van der Waals surface area (Å²) in [7, 11) is 0. The molecule has 0 spiro atoms. The van der Waals surface area contributed by atoms with E-state index in [-0.39, 0.29) is 0 Å². The summed E-state index contributed by atoms with van der Waals surface area (Å²) in [5.41, 5.74) is 3.59. The van der Waals surface area contributed by atoms with Crippen molar-refractivity contribution >= 4 is 0 Å². The van der Waals surface area contributed by atoms with E-state index in [2.05, 4.69) is 23.5 Å². The minimum absolute atomic E-state index is 0.445. The number of aliphatic hydroxyl groups is 1. The second-order valence-corrected chi connectivity index (χ2v) is 5.42. The summed E-state index contributed by atoms with van der Waals surface area (Å²) in [6.45, 7) is 2.25. The van der Waals surface area contributed by atoms with E-state index in [0.29, 0.717) is 6.54 Å². The quantitative estimate of drug-likeness (QED) is 0.800. The molecule has 3 rings (SSSR count). The smallest absolute Gasteiger partial charge is 0.122 e. The van der Waals surface area contributed by atoms with Crippen molar-refractivity contribution in [1.29, 1.82) is 0 Å². The lowest BCUT2D eigenvalue weighted by atomic mass is 10.1. The Balaban J connectivity index is 1.44. The highest BCUT2D eigenvalue weighted by Gasteiger charge is 2.11. The largest absolute Gasteiger partial charge is 0.493 e. The van der Waals surface area contributed by atoms with Crippen molar-refractivity contribution in [1.82, 2.24) is 5.32 Å². The van der Waals surface area contributed by atoms with E-state index in [4.69, 9.17) is 4.74 Å². The van der Waals surface area contributed by atoms with Crippen molar-refractivity contribution in [3.8, 4) is 5.75 Å². The van der Waals surface area contributed by atoms with Gasteiger partial charge in [0.25, 0.3) is 0 Å². The average Bonchev–Trinajstić information content (AvgIpc) is 3.00. The van der Waals surface area contributed by atoms with Gasteiger partial charge in [0.15, 0.2) is 0 Å². The normalized spacial score (nSPS) is 14.5. The van der Waals surface area contributed by atoms with Gasteiger partial charge < -0.3 is 15.2 Å². The van der Waals surface area contributed by atoms with Gasteiger partial charge in [0, 0.05) is 13.0 Å².